The van der Waals surface area contributed by atoms with Crippen LogP contribution in [0.1, 0.15) is 66.2 Å². The maximum absolute atomic E-state index is 14.0. The Morgan fingerprint density at radius 2 is 1.97 bits per heavy atom. The van der Waals surface area contributed by atoms with Gasteiger partial charge in [0.1, 0.15) is 17.6 Å². The maximum Gasteiger partial charge on any atom is 0.310 e. The van der Waals surface area contributed by atoms with Crippen molar-refractivity contribution in [2.24, 2.45) is 11.8 Å². The zero-order chi connectivity index (χ0) is 23.9. The third kappa shape index (κ3) is 3.65. The van der Waals surface area contributed by atoms with Gasteiger partial charge in [-0.2, -0.15) is 0 Å². The molecule has 3 rings (SSSR count). The zero-order valence-corrected chi connectivity index (χ0v) is 19.8. The summed E-state index contributed by atoms with van der Waals surface area (Å²) in [6.07, 6.45) is 5.15. The Morgan fingerprint density at radius 1 is 1.28 bits per heavy atom. The molecule has 2 unspecified atom stereocenters. The number of hydrogen-bond donors (Lipinski definition) is 2. The minimum absolute atomic E-state index is 0.0726. The molecule has 1 spiro atoms. The molecule has 0 saturated carbocycles. The molecule has 3 heterocycles. The summed E-state index contributed by atoms with van der Waals surface area (Å²) in [6.45, 7) is 12.2. The van der Waals surface area contributed by atoms with Crippen molar-refractivity contribution in [1.29, 1.82) is 0 Å². The van der Waals surface area contributed by atoms with Crippen molar-refractivity contribution in [3.05, 3.63) is 12.7 Å². The van der Waals surface area contributed by atoms with E-state index < -0.39 is 40.6 Å². The molecule has 8 nitrogen and oxygen atoms in total. The second-order valence-electron chi connectivity index (χ2n) is 10.4. The number of amides is 2. The summed E-state index contributed by atoms with van der Waals surface area (Å²) in [6, 6.07) is -0.855. The standard InChI is InChI=1S/C24H38N2O6/c1-6-13-26(22(3,4)5)20(29)18-24-12-11-23(7-2,32-24)17(21(30)31)16(24)19(28)25(18)14-9-8-10-15-27/h6,16-18,27H,1,7-15H2,2-5H3,(H,30,31)/t16-,17-,18?,23+,24?/m0/s1. The quantitative estimate of drug-likeness (QED) is 0.390. The van der Waals surface area contributed by atoms with Gasteiger partial charge in [-0.1, -0.05) is 13.0 Å². The Morgan fingerprint density at radius 3 is 2.50 bits per heavy atom. The van der Waals surface area contributed by atoms with E-state index in [4.69, 9.17) is 9.84 Å². The van der Waals surface area contributed by atoms with Crippen LogP contribution in [0.25, 0.3) is 0 Å². The van der Waals surface area contributed by atoms with Gasteiger partial charge < -0.3 is 24.7 Å². The summed E-state index contributed by atoms with van der Waals surface area (Å²) in [7, 11) is 0. The van der Waals surface area contributed by atoms with E-state index in [0.29, 0.717) is 45.2 Å². The van der Waals surface area contributed by atoms with E-state index in [9.17, 15) is 19.5 Å². The molecule has 3 saturated heterocycles. The normalized spacial score (nSPS) is 33.5. The molecule has 0 aromatic carbocycles. The average Bonchev–Trinajstić information content (AvgIpc) is 3.32. The highest BCUT2D eigenvalue weighted by Gasteiger charge is 2.79. The number of carboxylic acids is 1. The van der Waals surface area contributed by atoms with Crippen LogP contribution >= 0.6 is 0 Å². The molecule has 2 amide bonds. The van der Waals surface area contributed by atoms with E-state index in [0.717, 1.165) is 6.42 Å². The number of ether oxygens (including phenoxy) is 1. The summed E-state index contributed by atoms with van der Waals surface area (Å²) in [5, 5.41) is 19.2. The number of likely N-dealkylation sites (tertiary alicyclic amines) is 1. The third-order valence-electron chi connectivity index (χ3n) is 7.63. The van der Waals surface area contributed by atoms with Gasteiger partial charge >= 0.3 is 5.97 Å². The van der Waals surface area contributed by atoms with Crippen molar-refractivity contribution in [3.8, 4) is 0 Å². The Labute approximate surface area is 190 Å². The summed E-state index contributed by atoms with van der Waals surface area (Å²) in [4.78, 5) is 43.3. The Bertz CT molecular complexity index is 777. The van der Waals surface area contributed by atoms with Crippen molar-refractivity contribution < 1.29 is 29.3 Å². The molecule has 5 atom stereocenters. The van der Waals surface area contributed by atoms with Crippen molar-refractivity contribution in [2.45, 2.75) is 89.0 Å². The topological polar surface area (TPSA) is 107 Å². The number of rotatable bonds is 10. The average molecular weight is 451 g/mol. The first-order chi connectivity index (χ1) is 15.0. The second kappa shape index (κ2) is 8.78. The van der Waals surface area contributed by atoms with Crippen molar-refractivity contribution in [1.82, 2.24) is 9.80 Å². The van der Waals surface area contributed by atoms with Gasteiger partial charge in [-0.15, -0.1) is 6.58 Å². The number of unbranched alkanes of at least 4 members (excludes halogenated alkanes) is 2. The highest BCUT2D eigenvalue weighted by atomic mass is 16.5. The molecule has 0 aliphatic carbocycles. The number of aliphatic hydroxyl groups excluding tert-OH is 1. The number of carbonyl (C=O) groups is 3. The predicted octanol–water partition coefficient (Wildman–Crippen LogP) is 2.20. The summed E-state index contributed by atoms with van der Waals surface area (Å²) >= 11 is 0. The smallest absolute Gasteiger partial charge is 0.310 e. The Balaban J connectivity index is 2.06. The van der Waals surface area contributed by atoms with E-state index in [-0.39, 0.29) is 18.4 Å². The Kier molecular flexibility index (Phi) is 6.78. The minimum Gasteiger partial charge on any atom is -0.481 e. The van der Waals surface area contributed by atoms with Crippen LogP contribution in [-0.2, 0) is 19.1 Å². The van der Waals surface area contributed by atoms with E-state index in [1.165, 1.54) is 0 Å². The number of carbonyl (C=O) groups excluding carboxylic acids is 2. The molecular formula is C24H38N2O6. The molecular weight excluding hydrogens is 412 g/mol. The molecule has 0 radical (unpaired) electrons. The van der Waals surface area contributed by atoms with Gasteiger partial charge in [-0.05, 0) is 59.3 Å². The van der Waals surface area contributed by atoms with Crippen molar-refractivity contribution in [2.75, 3.05) is 19.7 Å². The molecule has 2 N–H and O–H groups in total. The molecule has 0 aromatic rings. The first-order valence-electron chi connectivity index (χ1n) is 11.8. The molecule has 0 aromatic heterocycles. The summed E-state index contributed by atoms with van der Waals surface area (Å²) < 4.78 is 6.54. The van der Waals surface area contributed by atoms with Crippen LogP contribution < -0.4 is 0 Å². The highest BCUT2D eigenvalue weighted by molar-refractivity contribution is 5.98. The van der Waals surface area contributed by atoms with Gasteiger partial charge in [0.05, 0.1) is 11.5 Å². The highest BCUT2D eigenvalue weighted by Crippen LogP contribution is 2.64. The molecule has 2 bridgehead atoms. The number of nitrogens with zero attached hydrogens (tertiary/aromatic N) is 2. The van der Waals surface area contributed by atoms with E-state index >= 15 is 0 Å². The van der Waals surface area contributed by atoms with Gasteiger partial charge in [0, 0.05) is 25.2 Å². The maximum atomic E-state index is 14.0. The fraction of sp³-hybridized carbons (Fsp3) is 0.792. The van der Waals surface area contributed by atoms with Gasteiger partial charge in [0.15, 0.2) is 0 Å². The lowest BCUT2D eigenvalue weighted by atomic mass is 9.65. The first kappa shape index (κ1) is 24.7. The molecule has 32 heavy (non-hydrogen) atoms. The number of carboxylic acid groups (broad SMARTS) is 1. The number of fused-ring (bicyclic) bond motifs is 1. The first-order valence-corrected chi connectivity index (χ1v) is 11.8. The van der Waals surface area contributed by atoms with Gasteiger partial charge in [-0.25, -0.2) is 0 Å². The lowest BCUT2D eigenvalue weighted by molar-refractivity contribution is -0.159. The number of aliphatic hydroxyl groups is 1. The van der Waals surface area contributed by atoms with Crippen LogP contribution in [0.15, 0.2) is 12.7 Å². The number of aliphatic carboxylic acids is 1. The van der Waals surface area contributed by atoms with Crippen LogP contribution in [0.5, 0.6) is 0 Å². The monoisotopic (exact) mass is 450 g/mol. The van der Waals surface area contributed by atoms with Crippen molar-refractivity contribution in [3.63, 3.8) is 0 Å². The molecule has 3 fully saturated rings. The van der Waals surface area contributed by atoms with Gasteiger partial charge in [0.2, 0.25) is 11.8 Å². The predicted molar refractivity (Wildman–Crippen MR) is 119 cm³/mol. The van der Waals surface area contributed by atoms with Gasteiger partial charge in [-0.3, -0.25) is 14.4 Å². The van der Waals surface area contributed by atoms with Crippen LogP contribution in [0.2, 0.25) is 0 Å². The lowest BCUT2D eigenvalue weighted by Crippen LogP contribution is -2.60. The summed E-state index contributed by atoms with van der Waals surface area (Å²) in [5.41, 5.74) is -2.52. The fourth-order valence-electron chi connectivity index (χ4n) is 6.16. The fourth-order valence-corrected chi connectivity index (χ4v) is 6.16. The molecule has 8 heteroatoms. The Hall–Kier alpha value is -1.93. The molecule has 180 valence electrons. The van der Waals surface area contributed by atoms with E-state index in [2.05, 4.69) is 6.58 Å². The largest absolute Gasteiger partial charge is 0.481 e. The van der Waals surface area contributed by atoms with E-state index in [1.54, 1.807) is 15.9 Å². The molecule has 3 aliphatic rings. The second-order valence-corrected chi connectivity index (χ2v) is 10.4. The zero-order valence-electron chi connectivity index (χ0n) is 19.8. The van der Waals surface area contributed by atoms with Gasteiger partial charge in [0.25, 0.3) is 0 Å². The molecule has 3 aliphatic heterocycles. The summed E-state index contributed by atoms with van der Waals surface area (Å²) in [5.74, 6) is -3.34. The number of hydrogen-bond acceptors (Lipinski definition) is 5. The third-order valence-corrected chi connectivity index (χ3v) is 7.63. The van der Waals surface area contributed by atoms with Crippen LogP contribution in [-0.4, -0.2) is 80.3 Å². The van der Waals surface area contributed by atoms with Crippen LogP contribution in [0, 0.1) is 11.8 Å². The van der Waals surface area contributed by atoms with Crippen molar-refractivity contribution >= 4 is 17.8 Å². The van der Waals surface area contributed by atoms with Crippen LogP contribution in [0.3, 0.4) is 0 Å². The SMILES string of the molecule is C=CCN(C(=O)C1N(CCCCCO)C(=O)[C@@H]2[C@@H](C(=O)O)[C@@]3(CC)CCC12O3)C(C)(C)C. The lowest BCUT2D eigenvalue weighted by Gasteiger charge is -2.42. The minimum atomic E-state index is -1.12. The van der Waals surface area contributed by atoms with Crippen LogP contribution in [0.4, 0.5) is 0 Å². The van der Waals surface area contributed by atoms with E-state index in [1.807, 2.05) is 27.7 Å².